The molecule has 3 rings (SSSR count). The van der Waals surface area contributed by atoms with Crippen LogP contribution in [0.3, 0.4) is 0 Å². The Kier molecular flexibility index (Phi) is 7.65. The monoisotopic (exact) mass is 419 g/mol. The number of benzene rings is 3. The minimum atomic E-state index is -0.438. The molecule has 0 aliphatic rings. The van der Waals surface area contributed by atoms with E-state index in [2.05, 4.69) is 5.32 Å². The molecule has 0 unspecified atom stereocenters. The summed E-state index contributed by atoms with van der Waals surface area (Å²) >= 11 is 0. The first-order valence-corrected chi connectivity index (χ1v) is 10.1. The van der Waals surface area contributed by atoms with Crippen molar-refractivity contribution in [2.45, 2.75) is 20.5 Å². The lowest BCUT2D eigenvalue weighted by atomic mass is 10.1. The largest absolute Gasteiger partial charge is 0.492 e. The van der Waals surface area contributed by atoms with Gasteiger partial charge in [0.15, 0.2) is 0 Å². The molecule has 6 heteroatoms. The highest BCUT2D eigenvalue weighted by Crippen LogP contribution is 2.27. The minimum absolute atomic E-state index is 0.284. The van der Waals surface area contributed by atoms with Crippen LogP contribution in [0.5, 0.6) is 11.5 Å². The molecule has 0 saturated carbocycles. The molecule has 0 aliphatic carbocycles. The summed E-state index contributed by atoms with van der Waals surface area (Å²) < 4.78 is 16.4. The molecule has 0 atom stereocenters. The number of rotatable bonds is 9. The molecule has 3 aromatic carbocycles. The first kappa shape index (κ1) is 21.9. The van der Waals surface area contributed by atoms with Crippen LogP contribution in [0.25, 0.3) is 0 Å². The van der Waals surface area contributed by atoms with E-state index in [0.29, 0.717) is 41.5 Å². The molecule has 31 heavy (non-hydrogen) atoms. The van der Waals surface area contributed by atoms with Gasteiger partial charge in [-0.3, -0.25) is 4.79 Å². The van der Waals surface area contributed by atoms with E-state index in [4.69, 9.17) is 14.2 Å². The molecule has 0 bridgehead atoms. The number of ether oxygens (including phenoxy) is 3. The molecule has 0 fully saturated rings. The van der Waals surface area contributed by atoms with Crippen LogP contribution in [0.1, 0.15) is 40.1 Å². The zero-order valence-electron chi connectivity index (χ0n) is 17.6. The second-order valence-electron chi connectivity index (χ2n) is 6.62. The van der Waals surface area contributed by atoms with Gasteiger partial charge in [-0.25, -0.2) is 4.79 Å². The lowest BCUT2D eigenvalue weighted by molar-refractivity contribution is 0.0526. The van der Waals surface area contributed by atoms with Crippen molar-refractivity contribution in [3.63, 3.8) is 0 Å². The van der Waals surface area contributed by atoms with Gasteiger partial charge in [-0.15, -0.1) is 0 Å². The van der Waals surface area contributed by atoms with Gasteiger partial charge in [0.2, 0.25) is 0 Å². The van der Waals surface area contributed by atoms with Crippen LogP contribution in [0.4, 0.5) is 5.69 Å². The Morgan fingerprint density at radius 3 is 2.19 bits per heavy atom. The van der Waals surface area contributed by atoms with Gasteiger partial charge in [-0.2, -0.15) is 0 Å². The average Bonchev–Trinajstić information content (AvgIpc) is 2.80. The molecular weight excluding hydrogens is 394 g/mol. The van der Waals surface area contributed by atoms with Gasteiger partial charge in [-0.1, -0.05) is 30.3 Å². The highest BCUT2D eigenvalue weighted by atomic mass is 16.5. The molecule has 6 nitrogen and oxygen atoms in total. The molecule has 1 amide bonds. The van der Waals surface area contributed by atoms with Crippen molar-refractivity contribution in [3.05, 3.63) is 89.5 Å². The van der Waals surface area contributed by atoms with E-state index in [-0.39, 0.29) is 12.5 Å². The number of carbonyl (C=O) groups is 2. The number of amides is 1. The van der Waals surface area contributed by atoms with E-state index in [9.17, 15) is 9.59 Å². The van der Waals surface area contributed by atoms with E-state index in [0.717, 1.165) is 5.56 Å². The van der Waals surface area contributed by atoms with Gasteiger partial charge in [0.1, 0.15) is 18.1 Å². The lowest BCUT2D eigenvalue weighted by Crippen LogP contribution is -2.14. The van der Waals surface area contributed by atoms with Crippen molar-refractivity contribution in [1.29, 1.82) is 0 Å². The van der Waals surface area contributed by atoms with E-state index < -0.39 is 5.97 Å². The summed E-state index contributed by atoms with van der Waals surface area (Å²) in [5.41, 5.74) is 2.38. The summed E-state index contributed by atoms with van der Waals surface area (Å²) in [7, 11) is 0. The summed E-state index contributed by atoms with van der Waals surface area (Å²) in [6.45, 7) is 4.70. The van der Waals surface area contributed by atoms with Gasteiger partial charge >= 0.3 is 5.97 Å². The summed E-state index contributed by atoms with van der Waals surface area (Å²) in [6, 6.07) is 21.6. The molecule has 160 valence electrons. The third-order valence-electron chi connectivity index (χ3n) is 4.41. The second kappa shape index (κ2) is 10.8. The van der Waals surface area contributed by atoms with E-state index in [1.807, 2.05) is 37.3 Å². The standard InChI is InChI=1S/C25H25NO5/c1-3-29-23-16-20(25(28)30-4-2)12-15-22(23)26-24(27)19-10-13-21(14-11-19)31-17-18-8-6-5-7-9-18/h5-16H,3-4,17H2,1-2H3,(H,26,27). The molecule has 3 aromatic rings. The predicted molar refractivity (Wildman–Crippen MR) is 119 cm³/mol. The van der Waals surface area contributed by atoms with Crippen molar-refractivity contribution in [2.75, 3.05) is 18.5 Å². The fraction of sp³-hybridized carbons (Fsp3) is 0.200. The van der Waals surface area contributed by atoms with Crippen LogP contribution in [0.15, 0.2) is 72.8 Å². The van der Waals surface area contributed by atoms with Crippen LogP contribution >= 0.6 is 0 Å². The number of hydrogen-bond donors (Lipinski definition) is 1. The van der Waals surface area contributed by atoms with Crippen molar-refractivity contribution in [1.82, 2.24) is 0 Å². The molecule has 0 radical (unpaired) electrons. The normalized spacial score (nSPS) is 10.3. The summed E-state index contributed by atoms with van der Waals surface area (Å²) in [4.78, 5) is 24.6. The fourth-order valence-corrected chi connectivity index (χ4v) is 2.88. The Hall–Kier alpha value is -3.80. The first-order chi connectivity index (χ1) is 15.1. The summed E-state index contributed by atoms with van der Waals surface area (Å²) in [5.74, 6) is 0.352. The van der Waals surface area contributed by atoms with Crippen LogP contribution in [0.2, 0.25) is 0 Å². The second-order valence-corrected chi connectivity index (χ2v) is 6.62. The third kappa shape index (κ3) is 6.09. The molecule has 0 aliphatic heterocycles. The van der Waals surface area contributed by atoms with Crippen LogP contribution < -0.4 is 14.8 Å². The SMILES string of the molecule is CCOC(=O)c1ccc(NC(=O)c2ccc(OCc3ccccc3)cc2)c(OCC)c1. The van der Waals surface area contributed by atoms with Crippen LogP contribution in [-0.4, -0.2) is 25.1 Å². The maximum Gasteiger partial charge on any atom is 0.338 e. The van der Waals surface area contributed by atoms with Gasteiger partial charge in [0.25, 0.3) is 5.91 Å². The van der Waals surface area contributed by atoms with Gasteiger partial charge < -0.3 is 19.5 Å². The zero-order chi connectivity index (χ0) is 22.1. The quantitative estimate of drug-likeness (QED) is 0.489. The topological polar surface area (TPSA) is 73.9 Å². The Labute approximate surface area is 181 Å². The Bertz CT molecular complexity index is 1020. The summed E-state index contributed by atoms with van der Waals surface area (Å²) in [5, 5.41) is 2.83. The average molecular weight is 419 g/mol. The molecule has 0 aromatic heterocycles. The maximum atomic E-state index is 12.7. The lowest BCUT2D eigenvalue weighted by Gasteiger charge is -2.13. The Morgan fingerprint density at radius 1 is 0.806 bits per heavy atom. The molecule has 0 saturated heterocycles. The van der Waals surface area contributed by atoms with E-state index >= 15 is 0 Å². The van der Waals surface area contributed by atoms with Crippen molar-refractivity contribution >= 4 is 17.6 Å². The van der Waals surface area contributed by atoms with Gasteiger partial charge in [0, 0.05) is 5.56 Å². The van der Waals surface area contributed by atoms with Gasteiger partial charge in [-0.05, 0) is 61.9 Å². The Balaban J connectivity index is 1.66. The highest BCUT2D eigenvalue weighted by Gasteiger charge is 2.14. The van der Waals surface area contributed by atoms with E-state index in [1.54, 1.807) is 49.4 Å². The minimum Gasteiger partial charge on any atom is -0.492 e. The Morgan fingerprint density at radius 2 is 1.52 bits per heavy atom. The molecule has 1 N–H and O–H groups in total. The fourth-order valence-electron chi connectivity index (χ4n) is 2.88. The smallest absolute Gasteiger partial charge is 0.338 e. The number of nitrogens with one attached hydrogen (secondary N) is 1. The summed E-state index contributed by atoms with van der Waals surface area (Å²) in [6.07, 6.45) is 0. The molecule has 0 heterocycles. The molecular formula is C25H25NO5. The molecule has 0 spiro atoms. The third-order valence-corrected chi connectivity index (χ3v) is 4.41. The van der Waals surface area contributed by atoms with Crippen molar-refractivity contribution in [3.8, 4) is 11.5 Å². The number of esters is 1. The number of carbonyl (C=O) groups excluding carboxylic acids is 2. The van der Waals surface area contributed by atoms with Crippen molar-refractivity contribution in [2.24, 2.45) is 0 Å². The number of hydrogen-bond acceptors (Lipinski definition) is 5. The predicted octanol–water partition coefficient (Wildman–Crippen LogP) is 5.09. The zero-order valence-corrected chi connectivity index (χ0v) is 17.6. The van der Waals surface area contributed by atoms with Gasteiger partial charge in [0.05, 0.1) is 24.5 Å². The first-order valence-electron chi connectivity index (χ1n) is 10.1. The van der Waals surface area contributed by atoms with Crippen LogP contribution in [-0.2, 0) is 11.3 Å². The van der Waals surface area contributed by atoms with Crippen molar-refractivity contribution < 1.29 is 23.8 Å². The van der Waals surface area contributed by atoms with Crippen LogP contribution in [0, 0.1) is 0 Å². The highest BCUT2D eigenvalue weighted by molar-refractivity contribution is 6.05. The van der Waals surface area contributed by atoms with E-state index in [1.165, 1.54) is 0 Å². The maximum absolute atomic E-state index is 12.7. The number of anilines is 1.